The summed E-state index contributed by atoms with van der Waals surface area (Å²) in [5, 5.41) is 8.84. The van der Waals surface area contributed by atoms with Crippen molar-refractivity contribution in [3.63, 3.8) is 0 Å². The summed E-state index contributed by atoms with van der Waals surface area (Å²) in [6.07, 6.45) is -0.00893. The summed E-state index contributed by atoms with van der Waals surface area (Å²) in [6.45, 7) is 0.208. The van der Waals surface area contributed by atoms with Crippen LogP contribution in [0.1, 0.15) is 6.23 Å². The van der Waals surface area contributed by atoms with E-state index in [9.17, 15) is 9.59 Å². The van der Waals surface area contributed by atoms with Gasteiger partial charge in [-0.2, -0.15) is 0 Å². The Bertz CT molecular complexity index is 511. The number of hydrogen-bond acceptors (Lipinski definition) is 5. The van der Waals surface area contributed by atoms with Gasteiger partial charge in [-0.05, 0) is 0 Å². The number of ether oxygens (including phenoxy) is 2. The molecule has 0 saturated carbocycles. The van der Waals surface area contributed by atoms with Gasteiger partial charge in [0.15, 0.2) is 6.23 Å². The molecule has 1 aromatic rings. The summed E-state index contributed by atoms with van der Waals surface area (Å²) in [6, 6.07) is 0. The molecule has 0 amide bonds. The fourth-order valence-corrected chi connectivity index (χ4v) is 1.67. The SMILES string of the molecule is O=c1[nH]c(=O)n(C2COCC(CO)O2)cc1Cl. The third-order valence-corrected chi connectivity index (χ3v) is 2.62. The molecule has 0 spiro atoms. The van der Waals surface area contributed by atoms with E-state index in [1.165, 1.54) is 6.20 Å². The highest BCUT2D eigenvalue weighted by Gasteiger charge is 2.24. The van der Waals surface area contributed by atoms with Crippen molar-refractivity contribution in [3.05, 3.63) is 32.1 Å². The topological polar surface area (TPSA) is 93.6 Å². The van der Waals surface area contributed by atoms with E-state index in [4.69, 9.17) is 26.2 Å². The maximum atomic E-state index is 11.5. The summed E-state index contributed by atoms with van der Waals surface area (Å²) < 4.78 is 11.7. The number of halogens is 1. The molecule has 1 aliphatic heterocycles. The molecule has 1 saturated heterocycles. The molecule has 1 aromatic heterocycles. The van der Waals surface area contributed by atoms with E-state index in [2.05, 4.69) is 4.98 Å². The quantitative estimate of drug-likeness (QED) is 0.720. The second-order valence-corrected chi connectivity index (χ2v) is 3.98. The number of aliphatic hydroxyl groups is 1. The first-order valence-corrected chi connectivity index (χ1v) is 5.34. The summed E-state index contributed by atoms with van der Waals surface area (Å²) >= 11 is 5.63. The molecule has 7 nitrogen and oxygen atoms in total. The minimum absolute atomic E-state index is 0.112. The second-order valence-electron chi connectivity index (χ2n) is 3.58. The Labute approximate surface area is 101 Å². The van der Waals surface area contributed by atoms with Gasteiger partial charge in [-0.25, -0.2) is 4.79 Å². The van der Waals surface area contributed by atoms with Gasteiger partial charge in [-0.1, -0.05) is 11.6 Å². The zero-order valence-corrected chi connectivity index (χ0v) is 9.51. The number of hydrogen-bond donors (Lipinski definition) is 2. The molecule has 8 heteroatoms. The zero-order chi connectivity index (χ0) is 12.4. The molecule has 1 fully saturated rings. The zero-order valence-electron chi connectivity index (χ0n) is 8.76. The van der Waals surface area contributed by atoms with E-state index in [-0.39, 0.29) is 24.8 Å². The molecule has 2 atom stereocenters. The molecule has 0 bridgehead atoms. The fourth-order valence-electron chi connectivity index (χ4n) is 1.52. The van der Waals surface area contributed by atoms with Gasteiger partial charge < -0.3 is 14.6 Å². The van der Waals surface area contributed by atoms with Gasteiger partial charge in [0.1, 0.15) is 11.1 Å². The predicted octanol–water partition coefficient (Wildman–Crippen LogP) is -0.904. The van der Waals surface area contributed by atoms with Crippen LogP contribution in [0.4, 0.5) is 0 Å². The summed E-state index contributed by atoms with van der Waals surface area (Å²) in [7, 11) is 0. The monoisotopic (exact) mass is 262 g/mol. The Morgan fingerprint density at radius 3 is 3.00 bits per heavy atom. The highest BCUT2D eigenvalue weighted by atomic mass is 35.5. The van der Waals surface area contributed by atoms with Crippen molar-refractivity contribution in [2.24, 2.45) is 0 Å². The fraction of sp³-hybridized carbons (Fsp3) is 0.556. The van der Waals surface area contributed by atoms with Crippen molar-refractivity contribution >= 4 is 11.6 Å². The molecule has 94 valence electrons. The van der Waals surface area contributed by atoms with E-state index in [0.29, 0.717) is 0 Å². The van der Waals surface area contributed by atoms with Gasteiger partial charge in [0.2, 0.25) is 0 Å². The maximum absolute atomic E-state index is 11.5. The lowest BCUT2D eigenvalue weighted by Crippen LogP contribution is -2.41. The van der Waals surface area contributed by atoms with Crippen LogP contribution in [0.25, 0.3) is 0 Å². The van der Waals surface area contributed by atoms with E-state index < -0.39 is 23.6 Å². The minimum atomic E-state index is -0.706. The van der Waals surface area contributed by atoms with Crippen molar-refractivity contribution in [2.75, 3.05) is 19.8 Å². The van der Waals surface area contributed by atoms with Gasteiger partial charge in [0.05, 0.1) is 19.8 Å². The van der Waals surface area contributed by atoms with Gasteiger partial charge in [-0.3, -0.25) is 14.3 Å². The normalized spacial score (nSPS) is 24.8. The number of rotatable bonds is 2. The Morgan fingerprint density at radius 2 is 2.29 bits per heavy atom. The summed E-state index contributed by atoms with van der Waals surface area (Å²) in [5.41, 5.74) is -1.28. The first-order chi connectivity index (χ1) is 8.11. The number of aromatic nitrogens is 2. The molecular formula is C9H11ClN2O5. The van der Waals surface area contributed by atoms with Crippen LogP contribution >= 0.6 is 11.6 Å². The molecule has 2 N–H and O–H groups in total. The number of aliphatic hydroxyl groups excluding tert-OH is 1. The van der Waals surface area contributed by atoms with E-state index in [0.717, 1.165) is 4.57 Å². The van der Waals surface area contributed by atoms with Gasteiger partial charge in [0.25, 0.3) is 5.56 Å². The number of H-pyrrole nitrogens is 1. The number of nitrogens with zero attached hydrogens (tertiary/aromatic N) is 1. The second kappa shape index (κ2) is 5.01. The van der Waals surface area contributed by atoms with Crippen molar-refractivity contribution in [2.45, 2.75) is 12.3 Å². The third kappa shape index (κ3) is 2.58. The van der Waals surface area contributed by atoms with Crippen LogP contribution in [-0.2, 0) is 9.47 Å². The first kappa shape index (κ1) is 12.3. The summed E-state index contributed by atoms with van der Waals surface area (Å²) in [5.74, 6) is 0. The molecule has 2 unspecified atom stereocenters. The van der Waals surface area contributed by atoms with Gasteiger partial charge >= 0.3 is 5.69 Å². The van der Waals surface area contributed by atoms with Crippen molar-refractivity contribution in [1.29, 1.82) is 0 Å². The average molecular weight is 263 g/mol. The Kier molecular flexibility index (Phi) is 3.63. The van der Waals surface area contributed by atoms with Gasteiger partial charge in [0, 0.05) is 6.20 Å². The van der Waals surface area contributed by atoms with Crippen LogP contribution < -0.4 is 11.2 Å². The van der Waals surface area contributed by atoms with E-state index in [1.54, 1.807) is 0 Å². The van der Waals surface area contributed by atoms with Crippen LogP contribution in [0.15, 0.2) is 15.8 Å². The van der Waals surface area contributed by atoms with Crippen LogP contribution in [0.5, 0.6) is 0 Å². The molecule has 2 heterocycles. The largest absolute Gasteiger partial charge is 0.394 e. The standard InChI is InChI=1S/C9H11ClN2O5/c10-6-1-12(9(15)11-8(6)14)7-4-16-3-5(2-13)17-7/h1,5,7,13H,2-4H2,(H,11,14,15). The van der Waals surface area contributed by atoms with Crippen LogP contribution in [-0.4, -0.2) is 40.6 Å². The molecule has 0 aliphatic carbocycles. The lowest BCUT2D eigenvalue weighted by atomic mass is 10.3. The van der Waals surface area contributed by atoms with Gasteiger partial charge in [-0.15, -0.1) is 0 Å². The van der Waals surface area contributed by atoms with Crippen LogP contribution in [0.2, 0.25) is 5.02 Å². The Morgan fingerprint density at radius 1 is 1.53 bits per heavy atom. The molecule has 0 aromatic carbocycles. The molecular weight excluding hydrogens is 252 g/mol. The minimum Gasteiger partial charge on any atom is -0.394 e. The first-order valence-electron chi connectivity index (χ1n) is 4.97. The van der Waals surface area contributed by atoms with Crippen LogP contribution in [0.3, 0.4) is 0 Å². The van der Waals surface area contributed by atoms with E-state index >= 15 is 0 Å². The highest BCUT2D eigenvalue weighted by molar-refractivity contribution is 6.30. The third-order valence-electron chi connectivity index (χ3n) is 2.35. The Balaban J connectivity index is 2.31. The summed E-state index contributed by atoms with van der Waals surface area (Å²) in [4.78, 5) is 24.7. The maximum Gasteiger partial charge on any atom is 0.330 e. The van der Waals surface area contributed by atoms with Crippen molar-refractivity contribution in [1.82, 2.24) is 9.55 Å². The number of aromatic amines is 1. The molecule has 0 radical (unpaired) electrons. The van der Waals surface area contributed by atoms with Crippen LogP contribution in [0, 0.1) is 0 Å². The predicted molar refractivity (Wildman–Crippen MR) is 58.1 cm³/mol. The number of nitrogens with one attached hydrogen (secondary N) is 1. The van der Waals surface area contributed by atoms with Crippen molar-refractivity contribution < 1.29 is 14.6 Å². The molecule has 2 rings (SSSR count). The van der Waals surface area contributed by atoms with E-state index in [1.807, 2.05) is 0 Å². The smallest absolute Gasteiger partial charge is 0.330 e. The highest BCUT2D eigenvalue weighted by Crippen LogP contribution is 2.16. The molecule has 17 heavy (non-hydrogen) atoms. The molecule has 1 aliphatic rings. The van der Waals surface area contributed by atoms with Crippen molar-refractivity contribution in [3.8, 4) is 0 Å². The average Bonchev–Trinajstić information content (AvgIpc) is 2.34. The lowest BCUT2D eigenvalue weighted by Gasteiger charge is -2.29. The Hall–Kier alpha value is -1.15. The lowest BCUT2D eigenvalue weighted by molar-refractivity contribution is -0.180.